The van der Waals surface area contributed by atoms with Crippen LogP contribution in [0.25, 0.3) is 0 Å². The normalized spacial score (nSPS) is 12.3. The Labute approximate surface area is 79.9 Å². The fraction of sp³-hybridized carbons (Fsp3) is 0.889. The van der Waals surface area contributed by atoms with Crippen molar-refractivity contribution < 1.29 is 9.90 Å². The van der Waals surface area contributed by atoms with Gasteiger partial charge in [-0.15, -0.1) is 0 Å². The average Bonchev–Trinajstić information content (AvgIpc) is 2.10. The fourth-order valence-corrected chi connectivity index (χ4v) is 0.849. The first-order valence-electron chi connectivity index (χ1n) is 4.75. The van der Waals surface area contributed by atoms with Crippen molar-refractivity contribution in [3.05, 3.63) is 0 Å². The Morgan fingerprint density at radius 2 is 2.23 bits per heavy atom. The van der Waals surface area contributed by atoms with Gasteiger partial charge in [0.15, 0.2) is 0 Å². The molecule has 4 heteroatoms. The van der Waals surface area contributed by atoms with Crippen LogP contribution in [-0.2, 0) is 0 Å². The first-order valence-corrected chi connectivity index (χ1v) is 4.75. The summed E-state index contributed by atoms with van der Waals surface area (Å²) in [5.41, 5.74) is 0. The largest absolute Gasteiger partial charge is 0.393 e. The Balaban J connectivity index is 3.57. The maximum Gasteiger partial charge on any atom is 0.317 e. The summed E-state index contributed by atoms with van der Waals surface area (Å²) in [6.45, 7) is 5.03. The lowest BCUT2D eigenvalue weighted by Crippen LogP contribution is -2.38. The summed E-state index contributed by atoms with van der Waals surface area (Å²) in [6, 6.07) is -0.0671. The number of rotatable bonds is 5. The molecule has 78 valence electrons. The quantitative estimate of drug-likeness (QED) is 0.670. The number of hydrogen-bond acceptors (Lipinski definition) is 2. The van der Waals surface area contributed by atoms with Crippen molar-refractivity contribution in [1.82, 2.24) is 10.2 Å². The molecule has 0 aromatic carbocycles. The average molecular weight is 188 g/mol. The molecular formula is C9H20N2O2. The van der Waals surface area contributed by atoms with Gasteiger partial charge in [-0.05, 0) is 19.8 Å². The van der Waals surface area contributed by atoms with Crippen LogP contribution in [0.2, 0.25) is 0 Å². The molecule has 0 aliphatic carbocycles. The van der Waals surface area contributed by atoms with Crippen LogP contribution in [0, 0.1) is 0 Å². The van der Waals surface area contributed by atoms with Crippen molar-refractivity contribution in [1.29, 1.82) is 0 Å². The molecule has 0 heterocycles. The second-order valence-electron chi connectivity index (χ2n) is 3.29. The highest BCUT2D eigenvalue weighted by molar-refractivity contribution is 5.73. The van der Waals surface area contributed by atoms with Gasteiger partial charge in [0, 0.05) is 20.1 Å². The van der Waals surface area contributed by atoms with E-state index < -0.39 is 0 Å². The van der Waals surface area contributed by atoms with Gasteiger partial charge >= 0.3 is 6.03 Å². The molecule has 0 aliphatic rings. The molecule has 0 bridgehead atoms. The molecule has 13 heavy (non-hydrogen) atoms. The van der Waals surface area contributed by atoms with Gasteiger partial charge in [0.1, 0.15) is 0 Å². The number of carbonyl (C=O) groups excluding carboxylic acids is 1. The van der Waals surface area contributed by atoms with Gasteiger partial charge in [-0.1, -0.05) is 6.92 Å². The molecule has 2 amide bonds. The molecule has 0 saturated heterocycles. The highest BCUT2D eigenvalue weighted by atomic mass is 16.3. The zero-order chi connectivity index (χ0) is 10.3. The SMILES string of the molecule is CCCNC(=O)N(C)CCC(C)O. The first kappa shape index (κ1) is 12.2. The number of urea groups is 1. The second-order valence-corrected chi connectivity index (χ2v) is 3.29. The van der Waals surface area contributed by atoms with Gasteiger partial charge in [0.2, 0.25) is 0 Å². The maximum atomic E-state index is 11.2. The van der Waals surface area contributed by atoms with Crippen LogP contribution >= 0.6 is 0 Å². The van der Waals surface area contributed by atoms with Gasteiger partial charge in [-0.3, -0.25) is 0 Å². The minimum atomic E-state index is -0.346. The summed E-state index contributed by atoms with van der Waals surface area (Å²) in [5, 5.41) is 11.8. The Kier molecular flexibility index (Phi) is 6.32. The number of amides is 2. The number of hydrogen-bond donors (Lipinski definition) is 2. The predicted octanol–water partition coefficient (Wildman–Crippen LogP) is 0.809. The molecule has 4 nitrogen and oxygen atoms in total. The van der Waals surface area contributed by atoms with E-state index in [0.29, 0.717) is 19.5 Å². The molecule has 2 N–H and O–H groups in total. The second kappa shape index (κ2) is 6.71. The molecule has 0 spiro atoms. The Hall–Kier alpha value is -0.770. The van der Waals surface area contributed by atoms with Crippen LogP contribution in [0.5, 0.6) is 0 Å². The first-order chi connectivity index (χ1) is 6.07. The fourth-order valence-electron chi connectivity index (χ4n) is 0.849. The Morgan fingerprint density at radius 1 is 1.62 bits per heavy atom. The van der Waals surface area contributed by atoms with E-state index in [9.17, 15) is 4.79 Å². The van der Waals surface area contributed by atoms with Crippen LogP contribution in [0.15, 0.2) is 0 Å². The standard InChI is InChI=1S/C9H20N2O2/c1-4-6-10-9(13)11(3)7-5-8(2)12/h8,12H,4-7H2,1-3H3,(H,10,13). The molecule has 1 unspecified atom stereocenters. The molecular weight excluding hydrogens is 168 g/mol. The van der Waals surface area contributed by atoms with Gasteiger partial charge < -0.3 is 15.3 Å². The summed E-state index contributed by atoms with van der Waals surface area (Å²) < 4.78 is 0. The smallest absolute Gasteiger partial charge is 0.317 e. The zero-order valence-electron chi connectivity index (χ0n) is 8.71. The monoisotopic (exact) mass is 188 g/mol. The van der Waals surface area contributed by atoms with Gasteiger partial charge in [0.05, 0.1) is 6.10 Å². The van der Waals surface area contributed by atoms with E-state index in [1.54, 1.807) is 18.9 Å². The third-order valence-corrected chi connectivity index (χ3v) is 1.76. The van der Waals surface area contributed by atoms with E-state index in [1.807, 2.05) is 6.92 Å². The summed E-state index contributed by atoms with van der Waals surface area (Å²) in [6.07, 6.45) is 1.22. The van der Waals surface area contributed by atoms with Crippen LogP contribution in [-0.4, -0.2) is 42.3 Å². The molecule has 0 rings (SSSR count). The highest BCUT2D eigenvalue weighted by Gasteiger charge is 2.07. The minimum absolute atomic E-state index is 0.0671. The molecule has 0 aromatic heterocycles. The topological polar surface area (TPSA) is 52.6 Å². The maximum absolute atomic E-state index is 11.2. The minimum Gasteiger partial charge on any atom is -0.393 e. The molecule has 0 radical (unpaired) electrons. The Bertz CT molecular complexity index is 149. The van der Waals surface area contributed by atoms with Crippen molar-refractivity contribution >= 4 is 6.03 Å². The van der Waals surface area contributed by atoms with Gasteiger partial charge in [0.25, 0.3) is 0 Å². The Morgan fingerprint density at radius 3 is 2.69 bits per heavy atom. The van der Waals surface area contributed by atoms with Crippen molar-refractivity contribution in [2.24, 2.45) is 0 Å². The van der Waals surface area contributed by atoms with Crippen molar-refractivity contribution in [3.8, 4) is 0 Å². The van der Waals surface area contributed by atoms with E-state index >= 15 is 0 Å². The number of carbonyl (C=O) groups is 1. The number of aliphatic hydroxyl groups is 1. The van der Waals surface area contributed by atoms with Crippen molar-refractivity contribution in [3.63, 3.8) is 0 Å². The van der Waals surface area contributed by atoms with E-state index in [4.69, 9.17) is 5.11 Å². The molecule has 0 aliphatic heterocycles. The van der Waals surface area contributed by atoms with Crippen LogP contribution < -0.4 is 5.32 Å². The van der Waals surface area contributed by atoms with E-state index in [2.05, 4.69) is 5.32 Å². The van der Waals surface area contributed by atoms with Gasteiger partial charge in [-0.25, -0.2) is 4.79 Å². The highest BCUT2D eigenvalue weighted by Crippen LogP contribution is 1.93. The van der Waals surface area contributed by atoms with Crippen LogP contribution in [0.4, 0.5) is 4.79 Å². The van der Waals surface area contributed by atoms with E-state index in [0.717, 1.165) is 6.42 Å². The zero-order valence-corrected chi connectivity index (χ0v) is 8.71. The number of nitrogens with one attached hydrogen (secondary N) is 1. The molecule has 0 fully saturated rings. The lowest BCUT2D eigenvalue weighted by atomic mass is 10.3. The third-order valence-electron chi connectivity index (χ3n) is 1.76. The van der Waals surface area contributed by atoms with Crippen LogP contribution in [0.3, 0.4) is 0 Å². The molecule has 0 aromatic rings. The number of nitrogens with zero attached hydrogens (tertiary/aromatic N) is 1. The summed E-state index contributed by atoms with van der Waals surface area (Å²) >= 11 is 0. The predicted molar refractivity (Wildman–Crippen MR) is 52.6 cm³/mol. The van der Waals surface area contributed by atoms with E-state index in [-0.39, 0.29) is 12.1 Å². The van der Waals surface area contributed by atoms with Crippen LogP contribution in [0.1, 0.15) is 26.7 Å². The molecule has 1 atom stereocenters. The summed E-state index contributed by atoms with van der Waals surface area (Å²) in [5.74, 6) is 0. The summed E-state index contributed by atoms with van der Waals surface area (Å²) in [4.78, 5) is 12.8. The lowest BCUT2D eigenvalue weighted by molar-refractivity contribution is 0.163. The van der Waals surface area contributed by atoms with Crippen molar-refractivity contribution in [2.75, 3.05) is 20.1 Å². The third kappa shape index (κ3) is 6.40. The summed E-state index contributed by atoms with van der Waals surface area (Å²) in [7, 11) is 1.73. The molecule has 0 saturated carbocycles. The van der Waals surface area contributed by atoms with E-state index in [1.165, 1.54) is 0 Å². The van der Waals surface area contributed by atoms with Gasteiger partial charge in [-0.2, -0.15) is 0 Å². The number of aliphatic hydroxyl groups excluding tert-OH is 1. The lowest BCUT2D eigenvalue weighted by Gasteiger charge is -2.18. The van der Waals surface area contributed by atoms with Crippen molar-refractivity contribution in [2.45, 2.75) is 32.8 Å².